The molecule has 0 atom stereocenters. The van der Waals surface area contributed by atoms with Gasteiger partial charge in [0.1, 0.15) is 5.75 Å². The lowest BCUT2D eigenvalue weighted by Gasteiger charge is -2.04. The van der Waals surface area contributed by atoms with Crippen molar-refractivity contribution in [2.45, 2.75) is 12.7 Å². The summed E-state index contributed by atoms with van der Waals surface area (Å²) < 4.78 is 41.9. The van der Waals surface area contributed by atoms with E-state index in [0.29, 0.717) is 17.9 Å². The number of benzene rings is 1. The number of halogens is 3. The lowest BCUT2D eigenvalue weighted by Crippen LogP contribution is -2.03. The Balaban J connectivity index is 1.96. The number of alkyl halides is 3. The van der Waals surface area contributed by atoms with E-state index in [1.165, 1.54) is 0 Å². The monoisotopic (exact) mass is 289 g/mol. The van der Waals surface area contributed by atoms with Gasteiger partial charge in [0.15, 0.2) is 0 Å². The third-order valence-corrected chi connectivity index (χ3v) is 3.20. The minimum atomic E-state index is -4.45. The average molecular weight is 289 g/mol. The van der Waals surface area contributed by atoms with Crippen LogP contribution in [0.15, 0.2) is 24.3 Å². The van der Waals surface area contributed by atoms with Crippen molar-refractivity contribution in [2.24, 2.45) is 0 Å². The lowest BCUT2D eigenvalue weighted by molar-refractivity contribution is -0.138. The second-order valence-corrected chi connectivity index (χ2v) is 4.59. The molecule has 1 N–H and O–H groups in total. The van der Waals surface area contributed by atoms with Crippen molar-refractivity contribution in [1.29, 1.82) is 0 Å². The number of aromatic nitrogens is 2. The van der Waals surface area contributed by atoms with Gasteiger partial charge in [0.2, 0.25) is 10.1 Å². The maximum atomic E-state index is 12.3. The number of rotatable bonds is 4. The predicted octanol–water partition coefficient (Wildman–Crippen LogP) is 3.18. The second-order valence-electron chi connectivity index (χ2n) is 3.61. The molecule has 2 rings (SSSR count). The molecule has 0 aliphatic carbocycles. The number of anilines is 1. The molecule has 0 unspecified atom stereocenters. The summed E-state index contributed by atoms with van der Waals surface area (Å²) in [7, 11) is 1.56. The van der Waals surface area contributed by atoms with Crippen LogP contribution in [0.25, 0.3) is 0 Å². The van der Waals surface area contributed by atoms with Crippen molar-refractivity contribution in [3.05, 3.63) is 34.8 Å². The van der Waals surface area contributed by atoms with Gasteiger partial charge >= 0.3 is 6.18 Å². The molecular weight excluding hydrogens is 279 g/mol. The zero-order chi connectivity index (χ0) is 13.9. The van der Waals surface area contributed by atoms with Crippen LogP contribution in [0.1, 0.15) is 10.6 Å². The Morgan fingerprint density at radius 1 is 1.21 bits per heavy atom. The van der Waals surface area contributed by atoms with E-state index in [2.05, 4.69) is 15.5 Å². The highest BCUT2D eigenvalue weighted by atomic mass is 32.1. The van der Waals surface area contributed by atoms with Crippen LogP contribution in [0, 0.1) is 0 Å². The van der Waals surface area contributed by atoms with E-state index in [1.807, 2.05) is 12.1 Å². The number of ether oxygens (including phenoxy) is 1. The highest BCUT2D eigenvalue weighted by molar-refractivity contribution is 7.15. The Morgan fingerprint density at radius 2 is 1.89 bits per heavy atom. The summed E-state index contributed by atoms with van der Waals surface area (Å²) in [6, 6.07) is 7.19. The summed E-state index contributed by atoms with van der Waals surface area (Å²) in [5.74, 6) is 0.721. The summed E-state index contributed by atoms with van der Waals surface area (Å²) in [5.41, 5.74) is 0.907. The first-order chi connectivity index (χ1) is 8.99. The fourth-order valence-corrected chi connectivity index (χ4v) is 1.94. The molecule has 0 amide bonds. The van der Waals surface area contributed by atoms with E-state index in [4.69, 9.17) is 4.74 Å². The zero-order valence-corrected chi connectivity index (χ0v) is 10.7. The Hall–Kier alpha value is -1.83. The Bertz CT molecular complexity index is 539. The number of nitrogens with zero attached hydrogens (tertiary/aromatic N) is 2. The standard InChI is InChI=1S/C11H10F3N3OS/c1-18-8-4-2-7(3-5-8)6-15-10-17-16-9(19-10)11(12,13)14/h2-5H,6H2,1H3,(H,15,17). The van der Waals surface area contributed by atoms with Crippen LogP contribution >= 0.6 is 11.3 Å². The quantitative estimate of drug-likeness (QED) is 0.939. The zero-order valence-electron chi connectivity index (χ0n) is 9.86. The largest absolute Gasteiger partial charge is 0.497 e. The van der Waals surface area contributed by atoms with Gasteiger partial charge in [-0.1, -0.05) is 23.5 Å². The first-order valence-electron chi connectivity index (χ1n) is 5.26. The summed E-state index contributed by atoms with van der Waals surface area (Å²) in [4.78, 5) is 0. The number of nitrogens with one attached hydrogen (secondary N) is 1. The van der Waals surface area contributed by atoms with Gasteiger partial charge in [-0.3, -0.25) is 0 Å². The van der Waals surface area contributed by atoms with Gasteiger partial charge in [0.25, 0.3) is 0 Å². The molecular formula is C11H10F3N3OS. The Kier molecular flexibility index (Phi) is 3.89. The van der Waals surface area contributed by atoms with Crippen molar-refractivity contribution >= 4 is 16.5 Å². The van der Waals surface area contributed by atoms with Crippen molar-refractivity contribution in [2.75, 3.05) is 12.4 Å². The molecule has 0 spiro atoms. The smallest absolute Gasteiger partial charge is 0.445 e. The molecule has 0 aliphatic rings. The van der Waals surface area contributed by atoms with Gasteiger partial charge in [-0.05, 0) is 17.7 Å². The normalized spacial score (nSPS) is 11.4. The molecule has 2 aromatic rings. The summed E-state index contributed by atoms with van der Waals surface area (Å²) >= 11 is 0.484. The predicted molar refractivity (Wildman–Crippen MR) is 65.2 cm³/mol. The number of hydrogen-bond acceptors (Lipinski definition) is 5. The van der Waals surface area contributed by atoms with Crippen molar-refractivity contribution in [1.82, 2.24) is 10.2 Å². The summed E-state index contributed by atoms with van der Waals surface area (Å²) in [5, 5.41) is 8.52. The molecule has 0 radical (unpaired) electrons. The van der Waals surface area contributed by atoms with Gasteiger partial charge in [-0.2, -0.15) is 13.2 Å². The molecule has 19 heavy (non-hydrogen) atoms. The van der Waals surface area contributed by atoms with Crippen molar-refractivity contribution < 1.29 is 17.9 Å². The van der Waals surface area contributed by atoms with E-state index >= 15 is 0 Å². The van der Waals surface area contributed by atoms with Gasteiger partial charge in [0, 0.05) is 6.54 Å². The third kappa shape index (κ3) is 3.57. The number of methoxy groups -OCH3 is 1. The molecule has 0 aliphatic heterocycles. The molecule has 0 fully saturated rings. The highest BCUT2D eigenvalue weighted by Crippen LogP contribution is 2.33. The molecule has 1 heterocycles. The third-order valence-electron chi connectivity index (χ3n) is 2.27. The van der Waals surface area contributed by atoms with Crippen LogP contribution in [0.3, 0.4) is 0 Å². The summed E-state index contributed by atoms with van der Waals surface area (Å²) in [6.07, 6.45) is -4.45. The molecule has 0 bridgehead atoms. The maximum Gasteiger partial charge on any atom is 0.445 e. The molecule has 0 saturated heterocycles. The van der Waals surface area contributed by atoms with Crippen molar-refractivity contribution in [3.63, 3.8) is 0 Å². The molecule has 1 aromatic carbocycles. The van der Waals surface area contributed by atoms with Crippen LogP contribution < -0.4 is 10.1 Å². The fraction of sp³-hybridized carbons (Fsp3) is 0.273. The van der Waals surface area contributed by atoms with Crippen LogP contribution in [0.4, 0.5) is 18.3 Å². The SMILES string of the molecule is COc1ccc(CNc2nnc(C(F)(F)F)s2)cc1. The topological polar surface area (TPSA) is 47.0 Å². The molecule has 8 heteroatoms. The molecule has 0 saturated carbocycles. The van der Waals surface area contributed by atoms with Crippen LogP contribution in [-0.2, 0) is 12.7 Å². The minimum absolute atomic E-state index is 0.142. The van der Waals surface area contributed by atoms with E-state index in [9.17, 15) is 13.2 Å². The molecule has 4 nitrogen and oxygen atoms in total. The van der Waals surface area contributed by atoms with E-state index in [0.717, 1.165) is 11.3 Å². The average Bonchev–Trinajstić information content (AvgIpc) is 2.86. The van der Waals surface area contributed by atoms with Gasteiger partial charge in [-0.25, -0.2) is 0 Å². The first-order valence-corrected chi connectivity index (χ1v) is 6.08. The maximum absolute atomic E-state index is 12.3. The summed E-state index contributed by atoms with van der Waals surface area (Å²) in [6.45, 7) is 0.372. The fourth-order valence-electron chi connectivity index (χ4n) is 1.33. The van der Waals surface area contributed by atoms with Crippen LogP contribution in [-0.4, -0.2) is 17.3 Å². The lowest BCUT2D eigenvalue weighted by atomic mass is 10.2. The van der Waals surface area contributed by atoms with E-state index < -0.39 is 11.2 Å². The van der Waals surface area contributed by atoms with Gasteiger partial charge in [-0.15, -0.1) is 10.2 Å². The van der Waals surface area contributed by atoms with Gasteiger partial charge in [0.05, 0.1) is 7.11 Å². The van der Waals surface area contributed by atoms with E-state index in [-0.39, 0.29) is 5.13 Å². The Morgan fingerprint density at radius 3 is 2.42 bits per heavy atom. The highest BCUT2D eigenvalue weighted by Gasteiger charge is 2.35. The van der Waals surface area contributed by atoms with Crippen LogP contribution in [0.2, 0.25) is 0 Å². The first kappa shape index (κ1) is 13.6. The number of hydrogen-bond donors (Lipinski definition) is 1. The Labute approximate surface area is 111 Å². The van der Waals surface area contributed by atoms with Crippen LogP contribution in [0.5, 0.6) is 5.75 Å². The minimum Gasteiger partial charge on any atom is -0.497 e. The molecule has 1 aromatic heterocycles. The second kappa shape index (κ2) is 5.43. The van der Waals surface area contributed by atoms with Gasteiger partial charge < -0.3 is 10.1 Å². The molecule has 102 valence electrons. The van der Waals surface area contributed by atoms with Crippen molar-refractivity contribution in [3.8, 4) is 5.75 Å². The van der Waals surface area contributed by atoms with E-state index in [1.54, 1.807) is 19.2 Å².